The van der Waals surface area contributed by atoms with Crippen LogP contribution in [-0.4, -0.2) is 37.3 Å². The standard InChI is InChI=1S/C19H27N3O2.2ClH/c1-3-11-22-12-6-15-13-16(4-5-17(15)22)21-18(23)19(14-24-2)7-9-20-10-8-19;;/h4-6,12-13,20H,3,7-11,14H2,1-2H3,(H,21,23);2*1H. The predicted octanol–water partition coefficient (Wildman–Crippen LogP) is 3.85. The molecule has 0 saturated carbocycles. The third-order valence-electron chi connectivity index (χ3n) is 4.96. The van der Waals surface area contributed by atoms with Gasteiger partial charge in [0.15, 0.2) is 0 Å². The molecule has 0 radical (unpaired) electrons. The van der Waals surface area contributed by atoms with Crippen LogP contribution in [0.15, 0.2) is 30.5 Å². The number of rotatable bonds is 6. The summed E-state index contributed by atoms with van der Waals surface area (Å²) in [5, 5.41) is 7.59. The first-order valence-electron chi connectivity index (χ1n) is 8.78. The summed E-state index contributed by atoms with van der Waals surface area (Å²) in [4.78, 5) is 12.9. The number of methoxy groups -OCH3 is 1. The number of halogens is 2. The molecular weight excluding hydrogens is 373 g/mol. The molecule has 146 valence electrons. The highest BCUT2D eigenvalue weighted by Gasteiger charge is 2.39. The molecule has 1 aromatic heterocycles. The number of hydrogen-bond donors (Lipinski definition) is 2. The third kappa shape index (κ3) is 4.71. The summed E-state index contributed by atoms with van der Waals surface area (Å²) in [5.41, 5.74) is 1.64. The first-order chi connectivity index (χ1) is 11.7. The van der Waals surface area contributed by atoms with Crippen molar-refractivity contribution in [1.82, 2.24) is 9.88 Å². The van der Waals surface area contributed by atoms with Gasteiger partial charge in [0.1, 0.15) is 0 Å². The van der Waals surface area contributed by atoms with E-state index in [9.17, 15) is 4.79 Å². The highest BCUT2D eigenvalue weighted by molar-refractivity contribution is 5.97. The Hall–Kier alpha value is -1.27. The molecule has 0 unspecified atom stereocenters. The van der Waals surface area contributed by atoms with Gasteiger partial charge in [0.05, 0.1) is 12.0 Å². The van der Waals surface area contributed by atoms with Crippen molar-refractivity contribution >= 4 is 47.3 Å². The Morgan fingerprint density at radius 3 is 2.65 bits per heavy atom. The van der Waals surface area contributed by atoms with Gasteiger partial charge in [0.2, 0.25) is 5.91 Å². The molecule has 1 aliphatic heterocycles. The molecular formula is C19H29Cl2N3O2. The summed E-state index contributed by atoms with van der Waals surface area (Å²) in [6.07, 6.45) is 4.83. The third-order valence-corrected chi connectivity index (χ3v) is 4.96. The molecule has 1 fully saturated rings. The van der Waals surface area contributed by atoms with E-state index in [-0.39, 0.29) is 30.7 Å². The number of nitrogens with one attached hydrogen (secondary N) is 2. The molecule has 1 aliphatic rings. The zero-order valence-corrected chi connectivity index (χ0v) is 17.0. The Balaban J connectivity index is 0.00000169. The number of ether oxygens (including phenoxy) is 1. The highest BCUT2D eigenvalue weighted by atomic mass is 35.5. The van der Waals surface area contributed by atoms with E-state index < -0.39 is 5.41 Å². The number of benzene rings is 1. The van der Waals surface area contributed by atoms with Crippen LogP contribution in [-0.2, 0) is 16.1 Å². The molecule has 26 heavy (non-hydrogen) atoms. The van der Waals surface area contributed by atoms with Gasteiger partial charge in [-0.3, -0.25) is 4.79 Å². The average molecular weight is 402 g/mol. The Morgan fingerprint density at radius 1 is 1.27 bits per heavy atom. The van der Waals surface area contributed by atoms with Crippen LogP contribution in [0, 0.1) is 5.41 Å². The lowest BCUT2D eigenvalue weighted by Gasteiger charge is -2.35. The maximum atomic E-state index is 12.9. The van der Waals surface area contributed by atoms with Gasteiger partial charge in [-0.05, 0) is 56.6 Å². The number of aromatic nitrogens is 1. The molecule has 0 atom stereocenters. The van der Waals surface area contributed by atoms with Crippen LogP contribution >= 0.6 is 24.8 Å². The largest absolute Gasteiger partial charge is 0.384 e. The fourth-order valence-electron chi connectivity index (χ4n) is 3.60. The molecule has 1 aromatic carbocycles. The maximum Gasteiger partial charge on any atom is 0.233 e. The smallest absolute Gasteiger partial charge is 0.233 e. The van der Waals surface area contributed by atoms with Crippen molar-refractivity contribution < 1.29 is 9.53 Å². The fraction of sp³-hybridized carbons (Fsp3) is 0.526. The Labute approximate surface area is 167 Å². The van der Waals surface area contributed by atoms with Crippen molar-refractivity contribution in [3.63, 3.8) is 0 Å². The molecule has 2 heterocycles. The van der Waals surface area contributed by atoms with E-state index in [4.69, 9.17) is 4.74 Å². The Morgan fingerprint density at radius 2 is 2.00 bits per heavy atom. The van der Waals surface area contributed by atoms with Crippen LogP contribution < -0.4 is 10.6 Å². The summed E-state index contributed by atoms with van der Waals surface area (Å²) in [6, 6.07) is 8.25. The number of hydrogen-bond acceptors (Lipinski definition) is 3. The molecule has 0 aliphatic carbocycles. The average Bonchev–Trinajstić information content (AvgIpc) is 2.99. The molecule has 0 bridgehead atoms. The van der Waals surface area contributed by atoms with Crippen LogP contribution in [0.5, 0.6) is 0 Å². The molecule has 1 saturated heterocycles. The van der Waals surface area contributed by atoms with Gasteiger partial charge in [0.25, 0.3) is 0 Å². The normalized spacial score (nSPS) is 15.8. The summed E-state index contributed by atoms with van der Waals surface area (Å²) in [7, 11) is 1.67. The van der Waals surface area contributed by atoms with Gasteiger partial charge in [0, 0.05) is 36.4 Å². The van der Waals surface area contributed by atoms with Crippen molar-refractivity contribution in [1.29, 1.82) is 0 Å². The summed E-state index contributed by atoms with van der Waals surface area (Å²) >= 11 is 0. The van der Waals surface area contributed by atoms with E-state index >= 15 is 0 Å². The summed E-state index contributed by atoms with van der Waals surface area (Å²) in [5.74, 6) is 0.0678. The number of carbonyl (C=O) groups excluding carboxylic acids is 1. The van der Waals surface area contributed by atoms with Gasteiger partial charge >= 0.3 is 0 Å². The maximum absolute atomic E-state index is 12.9. The highest BCUT2D eigenvalue weighted by Crippen LogP contribution is 2.31. The van der Waals surface area contributed by atoms with E-state index in [1.807, 2.05) is 6.07 Å². The Kier molecular flexibility index (Phi) is 8.90. The number of nitrogens with zero attached hydrogens (tertiary/aromatic N) is 1. The summed E-state index contributed by atoms with van der Waals surface area (Å²) in [6.45, 7) is 5.37. The van der Waals surface area contributed by atoms with Crippen LogP contribution in [0.1, 0.15) is 26.2 Å². The fourth-order valence-corrected chi connectivity index (χ4v) is 3.60. The zero-order chi connectivity index (χ0) is 17.0. The summed E-state index contributed by atoms with van der Waals surface area (Å²) < 4.78 is 7.60. The monoisotopic (exact) mass is 401 g/mol. The number of aryl methyl sites for hydroxylation is 1. The van der Waals surface area contributed by atoms with Gasteiger partial charge in [-0.25, -0.2) is 0 Å². The lowest BCUT2D eigenvalue weighted by Crippen LogP contribution is -2.47. The molecule has 0 spiro atoms. The number of piperidine rings is 1. The quantitative estimate of drug-likeness (QED) is 0.772. The second kappa shape index (κ2) is 10.2. The zero-order valence-electron chi connectivity index (χ0n) is 15.4. The number of fused-ring (bicyclic) bond motifs is 1. The number of carbonyl (C=O) groups is 1. The SMILES string of the molecule is CCCn1ccc2cc(NC(=O)C3(COC)CCNCC3)ccc21.Cl.Cl. The predicted molar refractivity (Wildman–Crippen MR) is 112 cm³/mol. The van der Waals surface area contributed by atoms with E-state index in [0.29, 0.717) is 6.61 Å². The molecule has 1 amide bonds. The van der Waals surface area contributed by atoms with Crippen LogP contribution in [0.3, 0.4) is 0 Å². The lowest BCUT2D eigenvalue weighted by atomic mass is 9.78. The van der Waals surface area contributed by atoms with Gasteiger partial charge in [-0.2, -0.15) is 0 Å². The Bertz CT molecular complexity index is 706. The van der Waals surface area contributed by atoms with Crippen LogP contribution in [0.2, 0.25) is 0 Å². The number of amides is 1. The molecule has 7 heteroatoms. The van der Waals surface area contributed by atoms with Crippen molar-refractivity contribution in [2.75, 3.05) is 32.1 Å². The van der Waals surface area contributed by atoms with Gasteiger partial charge in [-0.1, -0.05) is 6.92 Å². The molecule has 5 nitrogen and oxygen atoms in total. The minimum Gasteiger partial charge on any atom is -0.384 e. The van der Waals surface area contributed by atoms with Crippen molar-refractivity contribution in [2.24, 2.45) is 5.41 Å². The van der Waals surface area contributed by atoms with Gasteiger partial charge in [-0.15, -0.1) is 24.8 Å². The molecule has 3 rings (SSSR count). The van der Waals surface area contributed by atoms with Crippen molar-refractivity contribution in [2.45, 2.75) is 32.7 Å². The van der Waals surface area contributed by atoms with Crippen molar-refractivity contribution in [3.8, 4) is 0 Å². The van der Waals surface area contributed by atoms with Crippen LogP contribution in [0.4, 0.5) is 5.69 Å². The minimum atomic E-state index is -0.427. The van der Waals surface area contributed by atoms with Crippen LogP contribution in [0.25, 0.3) is 10.9 Å². The number of anilines is 1. The first kappa shape index (κ1) is 22.8. The van der Waals surface area contributed by atoms with E-state index in [0.717, 1.165) is 50.0 Å². The van der Waals surface area contributed by atoms with E-state index in [1.54, 1.807) is 7.11 Å². The van der Waals surface area contributed by atoms with Crippen molar-refractivity contribution in [3.05, 3.63) is 30.5 Å². The van der Waals surface area contributed by atoms with E-state index in [1.165, 1.54) is 5.52 Å². The first-order valence-corrected chi connectivity index (χ1v) is 8.78. The topological polar surface area (TPSA) is 55.3 Å². The second-order valence-electron chi connectivity index (χ2n) is 6.70. The molecule has 2 aromatic rings. The minimum absolute atomic E-state index is 0. The van der Waals surface area contributed by atoms with E-state index in [2.05, 4.69) is 46.5 Å². The van der Waals surface area contributed by atoms with Gasteiger partial charge < -0.3 is 19.9 Å². The lowest BCUT2D eigenvalue weighted by molar-refractivity contribution is -0.130. The molecule has 2 N–H and O–H groups in total. The second-order valence-corrected chi connectivity index (χ2v) is 6.70.